The molecule has 1 unspecified atom stereocenters. The second-order valence-electron chi connectivity index (χ2n) is 8.50. The molecule has 36 heavy (non-hydrogen) atoms. The lowest BCUT2D eigenvalue weighted by molar-refractivity contribution is -0.122. The highest BCUT2D eigenvalue weighted by molar-refractivity contribution is 6.03. The molecule has 0 bridgehead atoms. The van der Waals surface area contributed by atoms with E-state index in [0.29, 0.717) is 34.1 Å². The first-order valence-corrected chi connectivity index (χ1v) is 11.3. The largest absolute Gasteiger partial charge is 0.497 e. The molecule has 184 valence electrons. The Kier molecular flexibility index (Phi) is 5.88. The van der Waals surface area contributed by atoms with Crippen molar-refractivity contribution in [1.82, 2.24) is 19.7 Å². The minimum atomic E-state index is -0.582. The summed E-state index contributed by atoms with van der Waals surface area (Å²) in [6.45, 7) is 3.63. The molecule has 11 heteroatoms. The van der Waals surface area contributed by atoms with Crippen molar-refractivity contribution in [3.05, 3.63) is 70.3 Å². The number of nitrogens with zero attached hydrogens (tertiary/aromatic N) is 4. The standard InChI is InChI=1S/C25H24N6O5/c1-14-15(2)26-25(28-23(14)33)31-21(12-19(29-31)20-5-4-10-36-20)27-24(34)16-11-22(32)30(13-16)17-6-8-18(35-3)9-7-17/h4-10,12,16H,11,13H2,1-3H3,(H,27,34)(H,26,28,33). The molecule has 0 aliphatic carbocycles. The van der Waals surface area contributed by atoms with E-state index in [0.717, 1.165) is 0 Å². The number of amides is 2. The highest BCUT2D eigenvalue weighted by Gasteiger charge is 2.35. The fraction of sp³-hybridized carbons (Fsp3) is 0.240. The molecule has 4 aromatic rings. The number of aromatic amines is 1. The maximum absolute atomic E-state index is 13.2. The Labute approximate surface area is 205 Å². The topological polar surface area (TPSA) is 135 Å². The lowest BCUT2D eigenvalue weighted by atomic mass is 10.1. The van der Waals surface area contributed by atoms with Crippen LogP contribution in [0.15, 0.2) is 57.9 Å². The van der Waals surface area contributed by atoms with Crippen molar-refractivity contribution in [3.8, 4) is 23.2 Å². The van der Waals surface area contributed by atoms with Gasteiger partial charge in [0.1, 0.15) is 17.3 Å². The van der Waals surface area contributed by atoms with Gasteiger partial charge in [0.05, 0.1) is 19.3 Å². The highest BCUT2D eigenvalue weighted by Crippen LogP contribution is 2.29. The van der Waals surface area contributed by atoms with Gasteiger partial charge in [0.2, 0.25) is 17.8 Å². The summed E-state index contributed by atoms with van der Waals surface area (Å²) in [5.41, 5.74) is 1.86. The van der Waals surface area contributed by atoms with Crippen LogP contribution in [0.3, 0.4) is 0 Å². The first kappa shape index (κ1) is 23.1. The molecule has 0 spiro atoms. The van der Waals surface area contributed by atoms with E-state index >= 15 is 0 Å². The number of anilines is 2. The summed E-state index contributed by atoms with van der Waals surface area (Å²) in [4.78, 5) is 47.0. The van der Waals surface area contributed by atoms with Gasteiger partial charge >= 0.3 is 0 Å². The van der Waals surface area contributed by atoms with Crippen LogP contribution in [-0.2, 0) is 9.59 Å². The van der Waals surface area contributed by atoms with E-state index in [-0.39, 0.29) is 42.1 Å². The third kappa shape index (κ3) is 4.26. The number of benzene rings is 1. The molecule has 1 aromatic carbocycles. The van der Waals surface area contributed by atoms with Gasteiger partial charge in [0, 0.05) is 36.0 Å². The minimum absolute atomic E-state index is 0.0652. The number of aromatic nitrogens is 4. The van der Waals surface area contributed by atoms with Gasteiger partial charge in [-0.2, -0.15) is 9.78 Å². The van der Waals surface area contributed by atoms with Crippen molar-refractivity contribution in [2.75, 3.05) is 23.9 Å². The van der Waals surface area contributed by atoms with Gasteiger partial charge < -0.3 is 19.4 Å². The van der Waals surface area contributed by atoms with Crippen LogP contribution >= 0.6 is 0 Å². The summed E-state index contributed by atoms with van der Waals surface area (Å²) >= 11 is 0. The molecular formula is C25H24N6O5. The molecular weight excluding hydrogens is 464 g/mol. The summed E-state index contributed by atoms with van der Waals surface area (Å²) in [5, 5.41) is 7.35. The highest BCUT2D eigenvalue weighted by atomic mass is 16.5. The predicted octanol–water partition coefficient (Wildman–Crippen LogP) is 2.83. The van der Waals surface area contributed by atoms with Gasteiger partial charge in [-0.15, -0.1) is 0 Å². The summed E-state index contributed by atoms with van der Waals surface area (Å²) < 4.78 is 12.0. The molecule has 1 atom stereocenters. The zero-order valence-corrected chi connectivity index (χ0v) is 19.9. The zero-order valence-electron chi connectivity index (χ0n) is 19.9. The zero-order chi connectivity index (χ0) is 25.4. The van der Waals surface area contributed by atoms with E-state index in [1.807, 2.05) is 0 Å². The summed E-state index contributed by atoms with van der Waals surface area (Å²) in [5.74, 6) is 0.520. The normalized spacial score (nSPS) is 15.4. The minimum Gasteiger partial charge on any atom is -0.497 e. The molecule has 3 aromatic heterocycles. The maximum Gasteiger partial charge on any atom is 0.255 e. The molecule has 1 aliphatic heterocycles. The van der Waals surface area contributed by atoms with Gasteiger partial charge in [-0.25, -0.2) is 4.98 Å². The van der Waals surface area contributed by atoms with Crippen LogP contribution in [0.25, 0.3) is 17.4 Å². The predicted molar refractivity (Wildman–Crippen MR) is 131 cm³/mol. The third-order valence-electron chi connectivity index (χ3n) is 6.20. The first-order chi connectivity index (χ1) is 17.3. The second-order valence-corrected chi connectivity index (χ2v) is 8.50. The van der Waals surface area contributed by atoms with Gasteiger partial charge in [-0.05, 0) is 50.2 Å². The Balaban J connectivity index is 1.43. The number of ether oxygens (including phenoxy) is 1. The Morgan fingerprint density at radius 2 is 1.97 bits per heavy atom. The average Bonchev–Trinajstić information content (AvgIpc) is 3.62. The fourth-order valence-corrected chi connectivity index (χ4v) is 4.03. The van der Waals surface area contributed by atoms with Crippen molar-refractivity contribution >= 4 is 23.3 Å². The van der Waals surface area contributed by atoms with Crippen LogP contribution < -0.4 is 20.5 Å². The SMILES string of the molecule is COc1ccc(N2CC(C(=O)Nc3cc(-c4ccco4)nn3-c3nc(C)c(C)c(=O)[nH]3)CC2=O)cc1. The molecule has 11 nitrogen and oxygen atoms in total. The van der Waals surface area contributed by atoms with E-state index in [1.165, 1.54) is 10.9 Å². The molecule has 0 radical (unpaired) electrons. The Bertz CT molecular complexity index is 1490. The number of hydrogen-bond donors (Lipinski definition) is 2. The lowest BCUT2D eigenvalue weighted by Crippen LogP contribution is -2.29. The number of carbonyl (C=O) groups excluding carboxylic acids is 2. The van der Waals surface area contributed by atoms with E-state index in [1.54, 1.807) is 68.3 Å². The van der Waals surface area contributed by atoms with Crippen LogP contribution in [-0.4, -0.2) is 45.2 Å². The van der Waals surface area contributed by atoms with Crippen molar-refractivity contribution in [1.29, 1.82) is 0 Å². The number of hydrogen-bond acceptors (Lipinski definition) is 7. The molecule has 1 aliphatic rings. The van der Waals surface area contributed by atoms with E-state index < -0.39 is 5.92 Å². The van der Waals surface area contributed by atoms with Crippen LogP contribution in [0.4, 0.5) is 11.5 Å². The Hall–Kier alpha value is -4.67. The molecule has 5 rings (SSSR count). The van der Waals surface area contributed by atoms with Crippen molar-refractivity contribution in [3.63, 3.8) is 0 Å². The molecule has 1 fully saturated rings. The molecule has 4 heterocycles. The van der Waals surface area contributed by atoms with Gasteiger partial charge in [0.25, 0.3) is 5.56 Å². The smallest absolute Gasteiger partial charge is 0.255 e. The van der Waals surface area contributed by atoms with Crippen molar-refractivity contribution < 1.29 is 18.7 Å². The number of rotatable bonds is 6. The van der Waals surface area contributed by atoms with E-state index in [2.05, 4.69) is 20.4 Å². The Morgan fingerprint density at radius 3 is 2.64 bits per heavy atom. The fourth-order valence-electron chi connectivity index (χ4n) is 4.03. The molecule has 2 N–H and O–H groups in total. The molecule has 2 amide bonds. The second kappa shape index (κ2) is 9.17. The third-order valence-corrected chi connectivity index (χ3v) is 6.20. The first-order valence-electron chi connectivity index (χ1n) is 11.3. The average molecular weight is 489 g/mol. The lowest BCUT2D eigenvalue weighted by Gasteiger charge is -2.17. The van der Waals surface area contributed by atoms with E-state index in [9.17, 15) is 14.4 Å². The number of carbonyl (C=O) groups is 2. The number of aryl methyl sites for hydroxylation is 1. The summed E-state index contributed by atoms with van der Waals surface area (Å²) in [6.07, 6.45) is 1.58. The monoisotopic (exact) mass is 488 g/mol. The van der Waals surface area contributed by atoms with Gasteiger partial charge in [0.15, 0.2) is 5.76 Å². The number of methoxy groups -OCH3 is 1. The quantitative estimate of drug-likeness (QED) is 0.426. The maximum atomic E-state index is 13.2. The van der Waals surface area contributed by atoms with Crippen LogP contribution in [0.2, 0.25) is 0 Å². The van der Waals surface area contributed by atoms with Gasteiger partial charge in [-0.1, -0.05) is 0 Å². The van der Waals surface area contributed by atoms with Crippen molar-refractivity contribution in [2.45, 2.75) is 20.3 Å². The Morgan fingerprint density at radius 1 is 1.19 bits per heavy atom. The molecule has 1 saturated heterocycles. The van der Waals surface area contributed by atoms with Gasteiger partial charge in [-0.3, -0.25) is 19.4 Å². The van der Waals surface area contributed by atoms with Crippen LogP contribution in [0.1, 0.15) is 17.7 Å². The molecule has 0 saturated carbocycles. The number of furan rings is 1. The number of nitrogens with one attached hydrogen (secondary N) is 2. The van der Waals surface area contributed by atoms with E-state index in [4.69, 9.17) is 9.15 Å². The van der Waals surface area contributed by atoms with Crippen molar-refractivity contribution in [2.24, 2.45) is 5.92 Å². The summed E-state index contributed by atoms with van der Waals surface area (Å²) in [6, 6.07) is 12.2. The number of H-pyrrole nitrogens is 1. The van der Waals surface area contributed by atoms with Crippen LogP contribution in [0.5, 0.6) is 5.75 Å². The summed E-state index contributed by atoms with van der Waals surface area (Å²) in [7, 11) is 1.57. The van der Waals surface area contributed by atoms with Crippen LogP contribution in [0, 0.1) is 19.8 Å².